The summed E-state index contributed by atoms with van der Waals surface area (Å²) < 4.78 is 6.05. The van der Waals surface area contributed by atoms with Gasteiger partial charge in [0.2, 0.25) is 0 Å². The Kier molecular flexibility index (Phi) is 3.66. The maximum atomic E-state index is 11.9. The van der Waals surface area contributed by atoms with Gasteiger partial charge in [0.15, 0.2) is 0 Å². The number of ether oxygens (including phenoxy) is 1. The summed E-state index contributed by atoms with van der Waals surface area (Å²) in [5.41, 5.74) is 3.08. The number of fused-ring (bicyclic) bond motifs is 1. The number of nitrogens with zero attached hydrogens (tertiary/aromatic N) is 1. The van der Waals surface area contributed by atoms with E-state index in [2.05, 4.69) is 20.9 Å². The molecule has 1 aromatic carbocycles. The van der Waals surface area contributed by atoms with Crippen molar-refractivity contribution in [3.05, 3.63) is 39.5 Å². The molecule has 0 aliphatic rings. The molecule has 1 aromatic heterocycles. The third-order valence-electron chi connectivity index (χ3n) is 2.87. The molecule has 1 heterocycles. The van der Waals surface area contributed by atoms with E-state index < -0.39 is 0 Å². The molecule has 0 bridgehead atoms. The van der Waals surface area contributed by atoms with Crippen LogP contribution in [0.3, 0.4) is 0 Å². The lowest BCUT2D eigenvalue weighted by atomic mass is 10.0. The highest BCUT2D eigenvalue weighted by atomic mass is 79.9. The number of aryl methyl sites for hydroxylation is 2. The van der Waals surface area contributed by atoms with Crippen LogP contribution in [0.5, 0.6) is 0 Å². The molecule has 0 aliphatic carbocycles. The Morgan fingerprint density at radius 1 is 1.39 bits per heavy atom. The summed E-state index contributed by atoms with van der Waals surface area (Å²) in [6.45, 7) is 5.93. The van der Waals surface area contributed by atoms with Crippen molar-refractivity contribution in [2.24, 2.45) is 0 Å². The first-order valence-corrected chi connectivity index (χ1v) is 6.57. The van der Waals surface area contributed by atoms with Gasteiger partial charge >= 0.3 is 5.97 Å². The molecule has 0 N–H and O–H groups in total. The SMILES string of the molecule is CCOC(=O)c1c(C)nc2ccc(Br)cc2c1C. The molecule has 2 rings (SSSR count). The molecule has 0 saturated heterocycles. The van der Waals surface area contributed by atoms with E-state index in [1.54, 1.807) is 6.92 Å². The highest BCUT2D eigenvalue weighted by Gasteiger charge is 2.17. The van der Waals surface area contributed by atoms with Crippen molar-refractivity contribution < 1.29 is 9.53 Å². The molecule has 18 heavy (non-hydrogen) atoms. The van der Waals surface area contributed by atoms with Crippen molar-refractivity contribution in [3.8, 4) is 0 Å². The third kappa shape index (κ3) is 2.25. The second-order valence-electron chi connectivity index (χ2n) is 4.08. The van der Waals surface area contributed by atoms with Gasteiger partial charge in [0, 0.05) is 9.86 Å². The minimum Gasteiger partial charge on any atom is -0.462 e. The molecule has 2 aromatic rings. The number of esters is 1. The Morgan fingerprint density at radius 2 is 2.11 bits per heavy atom. The van der Waals surface area contributed by atoms with Gasteiger partial charge in [-0.25, -0.2) is 4.79 Å². The van der Waals surface area contributed by atoms with E-state index in [-0.39, 0.29) is 5.97 Å². The zero-order valence-electron chi connectivity index (χ0n) is 10.6. The summed E-state index contributed by atoms with van der Waals surface area (Å²) in [5, 5.41) is 0.970. The van der Waals surface area contributed by atoms with Crippen LogP contribution >= 0.6 is 15.9 Å². The van der Waals surface area contributed by atoms with Crippen molar-refractivity contribution in [2.45, 2.75) is 20.8 Å². The minimum atomic E-state index is -0.304. The van der Waals surface area contributed by atoms with Crippen LogP contribution in [0.1, 0.15) is 28.5 Å². The van der Waals surface area contributed by atoms with E-state index in [9.17, 15) is 4.79 Å². The second-order valence-corrected chi connectivity index (χ2v) is 4.99. The van der Waals surface area contributed by atoms with Crippen molar-refractivity contribution >= 4 is 32.8 Å². The Bertz CT molecular complexity index is 623. The largest absolute Gasteiger partial charge is 0.462 e. The number of pyridine rings is 1. The molecule has 0 saturated carbocycles. The highest BCUT2D eigenvalue weighted by molar-refractivity contribution is 9.10. The summed E-state index contributed by atoms with van der Waals surface area (Å²) in [6, 6.07) is 5.85. The number of carbonyl (C=O) groups is 1. The number of hydrogen-bond donors (Lipinski definition) is 0. The van der Waals surface area contributed by atoms with Gasteiger partial charge in [-0.05, 0) is 44.5 Å². The predicted molar refractivity (Wildman–Crippen MR) is 74.9 cm³/mol. The molecule has 3 nitrogen and oxygen atoms in total. The lowest BCUT2D eigenvalue weighted by Gasteiger charge is -2.11. The summed E-state index contributed by atoms with van der Waals surface area (Å²) >= 11 is 3.43. The first-order chi connectivity index (χ1) is 8.54. The average molecular weight is 308 g/mol. The molecule has 0 unspecified atom stereocenters. The van der Waals surface area contributed by atoms with Gasteiger partial charge < -0.3 is 4.74 Å². The summed E-state index contributed by atoms with van der Waals surface area (Å²) in [6.07, 6.45) is 0. The average Bonchev–Trinajstić information content (AvgIpc) is 2.31. The van der Waals surface area contributed by atoms with E-state index in [1.807, 2.05) is 32.0 Å². The van der Waals surface area contributed by atoms with Crippen molar-refractivity contribution in [1.29, 1.82) is 0 Å². The summed E-state index contributed by atoms with van der Waals surface area (Å²) in [5.74, 6) is -0.304. The third-order valence-corrected chi connectivity index (χ3v) is 3.36. The van der Waals surface area contributed by atoms with Crippen LogP contribution in [0.25, 0.3) is 10.9 Å². The zero-order chi connectivity index (χ0) is 13.3. The molecule has 4 heteroatoms. The molecule has 0 atom stereocenters. The van der Waals surface area contributed by atoms with E-state index in [1.165, 1.54) is 0 Å². The van der Waals surface area contributed by atoms with E-state index in [0.717, 1.165) is 20.9 Å². The van der Waals surface area contributed by atoms with Crippen molar-refractivity contribution in [1.82, 2.24) is 4.98 Å². The molecule has 0 amide bonds. The van der Waals surface area contributed by atoms with Crippen LogP contribution in [0, 0.1) is 13.8 Å². The Morgan fingerprint density at radius 3 is 2.78 bits per heavy atom. The van der Waals surface area contributed by atoms with Gasteiger partial charge in [0.1, 0.15) is 0 Å². The van der Waals surface area contributed by atoms with Crippen molar-refractivity contribution in [2.75, 3.05) is 6.61 Å². The monoisotopic (exact) mass is 307 g/mol. The van der Waals surface area contributed by atoms with Crippen LogP contribution in [-0.2, 0) is 4.74 Å². The lowest BCUT2D eigenvalue weighted by Crippen LogP contribution is -2.10. The number of benzene rings is 1. The van der Waals surface area contributed by atoms with Crippen LogP contribution in [0.15, 0.2) is 22.7 Å². The maximum absolute atomic E-state index is 11.9. The van der Waals surface area contributed by atoms with Gasteiger partial charge in [-0.3, -0.25) is 4.98 Å². The van der Waals surface area contributed by atoms with Crippen LogP contribution in [-0.4, -0.2) is 17.6 Å². The number of rotatable bonds is 2. The molecule has 94 valence electrons. The van der Waals surface area contributed by atoms with Gasteiger partial charge in [0.25, 0.3) is 0 Å². The van der Waals surface area contributed by atoms with Gasteiger partial charge in [-0.2, -0.15) is 0 Å². The van der Waals surface area contributed by atoms with Gasteiger partial charge in [-0.15, -0.1) is 0 Å². The maximum Gasteiger partial charge on any atom is 0.340 e. The molecule has 0 aliphatic heterocycles. The number of aromatic nitrogens is 1. The number of hydrogen-bond acceptors (Lipinski definition) is 3. The minimum absolute atomic E-state index is 0.304. The van der Waals surface area contributed by atoms with E-state index in [0.29, 0.717) is 17.9 Å². The summed E-state index contributed by atoms with van der Waals surface area (Å²) in [4.78, 5) is 16.4. The topological polar surface area (TPSA) is 39.2 Å². The predicted octanol–water partition coefficient (Wildman–Crippen LogP) is 3.79. The molecular weight excluding hydrogens is 294 g/mol. The Labute approximate surface area is 114 Å². The fraction of sp³-hybridized carbons (Fsp3) is 0.286. The molecule has 0 fully saturated rings. The standard InChI is InChI=1S/C14H14BrNO2/c1-4-18-14(17)13-8(2)11-7-10(15)5-6-12(11)16-9(13)3/h5-7H,4H2,1-3H3. The zero-order valence-corrected chi connectivity index (χ0v) is 12.2. The van der Waals surface area contributed by atoms with Crippen LogP contribution < -0.4 is 0 Å². The lowest BCUT2D eigenvalue weighted by molar-refractivity contribution is 0.0524. The number of carbonyl (C=O) groups excluding carboxylic acids is 1. The first-order valence-electron chi connectivity index (χ1n) is 5.78. The first kappa shape index (κ1) is 13.0. The fourth-order valence-corrected chi connectivity index (χ4v) is 2.41. The fourth-order valence-electron chi connectivity index (χ4n) is 2.05. The quantitative estimate of drug-likeness (QED) is 0.792. The smallest absolute Gasteiger partial charge is 0.340 e. The Balaban J connectivity index is 2.70. The highest BCUT2D eigenvalue weighted by Crippen LogP contribution is 2.26. The molecular formula is C14H14BrNO2. The summed E-state index contributed by atoms with van der Waals surface area (Å²) in [7, 11) is 0. The molecule has 0 spiro atoms. The second kappa shape index (κ2) is 5.06. The van der Waals surface area contributed by atoms with E-state index in [4.69, 9.17) is 4.74 Å². The van der Waals surface area contributed by atoms with Gasteiger partial charge in [0.05, 0.1) is 23.4 Å². The normalized spacial score (nSPS) is 10.7. The van der Waals surface area contributed by atoms with Crippen LogP contribution in [0.2, 0.25) is 0 Å². The Hall–Kier alpha value is -1.42. The van der Waals surface area contributed by atoms with Crippen LogP contribution in [0.4, 0.5) is 0 Å². The van der Waals surface area contributed by atoms with Gasteiger partial charge in [-0.1, -0.05) is 15.9 Å². The van der Waals surface area contributed by atoms with Crippen molar-refractivity contribution in [3.63, 3.8) is 0 Å². The molecule has 0 radical (unpaired) electrons. The number of halogens is 1. The van der Waals surface area contributed by atoms with E-state index >= 15 is 0 Å².